The first kappa shape index (κ1) is 17.1. The van der Waals surface area contributed by atoms with Crippen LogP contribution in [0.15, 0.2) is 53.3 Å². The van der Waals surface area contributed by atoms with Crippen LogP contribution < -0.4 is 10.3 Å². The van der Waals surface area contributed by atoms with Crippen LogP contribution in [0.2, 0.25) is 5.02 Å². The minimum absolute atomic E-state index is 0.0873. The minimum atomic E-state index is 0.0873. The molecule has 26 heavy (non-hydrogen) atoms. The van der Waals surface area contributed by atoms with E-state index in [1.165, 1.54) is 5.69 Å². The first-order valence-electron chi connectivity index (χ1n) is 8.96. The van der Waals surface area contributed by atoms with Crippen molar-refractivity contribution in [1.82, 2.24) is 9.88 Å². The van der Waals surface area contributed by atoms with Crippen molar-refractivity contribution in [1.29, 1.82) is 0 Å². The number of para-hydroxylation sites is 2. The molecule has 2 heterocycles. The molecule has 0 aliphatic carbocycles. The zero-order chi connectivity index (χ0) is 18.1. The minimum Gasteiger partial charge on any atom is -0.369 e. The molecule has 4 rings (SSSR count). The molecule has 0 amide bonds. The van der Waals surface area contributed by atoms with Crippen LogP contribution in [-0.2, 0) is 6.54 Å². The van der Waals surface area contributed by atoms with Gasteiger partial charge in [-0.15, -0.1) is 0 Å². The van der Waals surface area contributed by atoms with Crippen molar-refractivity contribution in [2.45, 2.75) is 13.5 Å². The van der Waals surface area contributed by atoms with Crippen molar-refractivity contribution in [2.75, 3.05) is 31.1 Å². The SMILES string of the molecule is Cc1[nH]c2c(Cl)cccc2c(=O)c1CN1CCN(c2ccccc2)CC1. The number of pyridine rings is 1. The molecule has 0 saturated carbocycles. The molecule has 0 unspecified atom stereocenters. The lowest BCUT2D eigenvalue weighted by Gasteiger charge is -2.36. The largest absolute Gasteiger partial charge is 0.369 e. The average molecular weight is 368 g/mol. The predicted molar refractivity (Wildman–Crippen MR) is 108 cm³/mol. The van der Waals surface area contributed by atoms with Crippen LogP contribution in [0.4, 0.5) is 5.69 Å². The van der Waals surface area contributed by atoms with E-state index in [1.807, 2.05) is 31.2 Å². The van der Waals surface area contributed by atoms with E-state index in [4.69, 9.17) is 11.6 Å². The van der Waals surface area contributed by atoms with E-state index in [2.05, 4.69) is 39.0 Å². The van der Waals surface area contributed by atoms with Crippen molar-refractivity contribution in [3.8, 4) is 0 Å². The van der Waals surface area contributed by atoms with E-state index in [1.54, 1.807) is 0 Å². The summed E-state index contributed by atoms with van der Waals surface area (Å²) in [6, 6.07) is 16.0. The molecule has 134 valence electrons. The molecular weight excluding hydrogens is 346 g/mol. The number of aromatic nitrogens is 1. The number of hydrogen-bond donors (Lipinski definition) is 1. The Bertz CT molecular complexity index is 976. The van der Waals surface area contributed by atoms with Gasteiger partial charge in [0.05, 0.1) is 10.5 Å². The lowest BCUT2D eigenvalue weighted by molar-refractivity contribution is 0.248. The van der Waals surface area contributed by atoms with Crippen molar-refractivity contribution in [3.63, 3.8) is 0 Å². The van der Waals surface area contributed by atoms with Crippen molar-refractivity contribution in [3.05, 3.63) is 75.0 Å². The number of halogens is 1. The molecule has 0 bridgehead atoms. The van der Waals surface area contributed by atoms with Gasteiger partial charge in [0.1, 0.15) is 0 Å². The smallest absolute Gasteiger partial charge is 0.194 e. The number of nitrogens with one attached hydrogen (secondary N) is 1. The van der Waals surface area contributed by atoms with Crippen molar-refractivity contribution < 1.29 is 0 Å². The average Bonchev–Trinajstić information content (AvgIpc) is 2.67. The molecule has 0 spiro atoms. The Morgan fingerprint density at radius 1 is 1.00 bits per heavy atom. The molecule has 1 aliphatic rings. The van der Waals surface area contributed by atoms with Crippen LogP contribution in [0.5, 0.6) is 0 Å². The van der Waals surface area contributed by atoms with Gasteiger partial charge in [0.2, 0.25) is 0 Å². The monoisotopic (exact) mass is 367 g/mol. The normalized spacial score (nSPS) is 15.5. The number of H-pyrrole nitrogens is 1. The molecular formula is C21H22ClN3O. The zero-order valence-corrected chi connectivity index (χ0v) is 15.6. The van der Waals surface area contributed by atoms with E-state index >= 15 is 0 Å². The third-order valence-electron chi connectivity index (χ3n) is 5.17. The maximum absolute atomic E-state index is 12.9. The molecule has 1 aromatic heterocycles. The molecule has 0 radical (unpaired) electrons. The number of piperazine rings is 1. The van der Waals surface area contributed by atoms with E-state index in [-0.39, 0.29) is 5.43 Å². The molecule has 1 fully saturated rings. The Balaban J connectivity index is 1.53. The van der Waals surface area contributed by atoms with Crippen LogP contribution in [-0.4, -0.2) is 36.1 Å². The summed E-state index contributed by atoms with van der Waals surface area (Å²) in [5, 5.41) is 1.26. The summed E-state index contributed by atoms with van der Waals surface area (Å²) in [6.45, 7) is 6.47. The van der Waals surface area contributed by atoms with Gasteiger partial charge < -0.3 is 9.88 Å². The Labute approximate surface area is 158 Å². The van der Waals surface area contributed by atoms with Gasteiger partial charge in [-0.3, -0.25) is 9.69 Å². The molecule has 4 nitrogen and oxygen atoms in total. The third-order valence-corrected chi connectivity index (χ3v) is 5.49. The second kappa shape index (κ2) is 7.14. The maximum atomic E-state index is 12.9. The Hall–Kier alpha value is -2.30. The Morgan fingerprint density at radius 3 is 2.46 bits per heavy atom. The number of nitrogens with zero attached hydrogens (tertiary/aromatic N) is 2. The Morgan fingerprint density at radius 2 is 1.73 bits per heavy atom. The number of aromatic amines is 1. The summed E-state index contributed by atoms with van der Waals surface area (Å²) < 4.78 is 0. The number of hydrogen-bond acceptors (Lipinski definition) is 3. The second-order valence-electron chi connectivity index (χ2n) is 6.82. The van der Waals surface area contributed by atoms with Gasteiger partial charge in [-0.05, 0) is 31.2 Å². The van der Waals surface area contributed by atoms with E-state index < -0.39 is 0 Å². The number of benzene rings is 2. The second-order valence-corrected chi connectivity index (χ2v) is 7.23. The summed E-state index contributed by atoms with van der Waals surface area (Å²) in [6.07, 6.45) is 0. The van der Waals surface area contributed by atoms with Crippen molar-refractivity contribution in [2.24, 2.45) is 0 Å². The fourth-order valence-electron chi connectivity index (χ4n) is 3.65. The molecule has 5 heteroatoms. The molecule has 1 N–H and O–H groups in total. The van der Waals surface area contributed by atoms with Crippen LogP contribution in [0.25, 0.3) is 10.9 Å². The number of anilines is 1. The van der Waals surface area contributed by atoms with Crippen LogP contribution >= 0.6 is 11.6 Å². The fourth-order valence-corrected chi connectivity index (χ4v) is 3.87. The van der Waals surface area contributed by atoms with Gasteiger partial charge in [-0.2, -0.15) is 0 Å². The summed E-state index contributed by atoms with van der Waals surface area (Å²) in [5.74, 6) is 0. The van der Waals surface area contributed by atoms with Gasteiger partial charge in [0.15, 0.2) is 5.43 Å². The lowest BCUT2D eigenvalue weighted by Crippen LogP contribution is -2.46. The quantitative estimate of drug-likeness (QED) is 0.765. The van der Waals surface area contributed by atoms with Gasteiger partial charge >= 0.3 is 0 Å². The van der Waals surface area contributed by atoms with Gasteiger partial charge in [0, 0.05) is 55.1 Å². The number of rotatable bonds is 3. The maximum Gasteiger partial charge on any atom is 0.194 e. The molecule has 0 atom stereocenters. The van der Waals surface area contributed by atoms with E-state index in [9.17, 15) is 4.79 Å². The topological polar surface area (TPSA) is 39.3 Å². The first-order chi connectivity index (χ1) is 12.6. The fraction of sp³-hybridized carbons (Fsp3) is 0.286. The van der Waals surface area contributed by atoms with Crippen LogP contribution in [0.1, 0.15) is 11.3 Å². The van der Waals surface area contributed by atoms with Crippen LogP contribution in [0.3, 0.4) is 0 Å². The molecule has 3 aromatic rings. The van der Waals surface area contributed by atoms with Crippen molar-refractivity contribution >= 4 is 28.2 Å². The highest BCUT2D eigenvalue weighted by atomic mass is 35.5. The van der Waals surface area contributed by atoms with Gasteiger partial charge in [-0.1, -0.05) is 35.9 Å². The number of aryl methyl sites for hydroxylation is 1. The highest BCUT2D eigenvalue weighted by Crippen LogP contribution is 2.21. The molecule has 2 aromatic carbocycles. The highest BCUT2D eigenvalue weighted by Gasteiger charge is 2.20. The summed E-state index contributed by atoms with van der Waals surface area (Å²) >= 11 is 6.23. The van der Waals surface area contributed by atoms with Gasteiger partial charge in [-0.25, -0.2) is 0 Å². The molecule has 1 aliphatic heterocycles. The standard InChI is InChI=1S/C21H22ClN3O/c1-15-18(21(26)17-8-5-9-19(22)20(17)23-15)14-24-10-12-25(13-11-24)16-6-3-2-4-7-16/h2-9H,10-14H2,1H3,(H,23,26). The summed E-state index contributed by atoms with van der Waals surface area (Å²) in [7, 11) is 0. The molecule has 1 saturated heterocycles. The highest BCUT2D eigenvalue weighted by molar-refractivity contribution is 6.35. The Kier molecular flexibility index (Phi) is 4.70. The summed E-state index contributed by atoms with van der Waals surface area (Å²) in [5.41, 5.74) is 3.83. The van der Waals surface area contributed by atoms with Crippen LogP contribution in [0, 0.1) is 6.92 Å². The third kappa shape index (κ3) is 3.22. The predicted octanol–water partition coefficient (Wildman–Crippen LogP) is 3.81. The van der Waals surface area contributed by atoms with E-state index in [0.29, 0.717) is 17.0 Å². The summed E-state index contributed by atoms with van der Waals surface area (Å²) in [4.78, 5) is 21.0. The zero-order valence-electron chi connectivity index (χ0n) is 14.8. The lowest BCUT2D eigenvalue weighted by atomic mass is 10.1. The van der Waals surface area contributed by atoms with E-state index in [0.717, 1.165) is 43.0 Å². The number of fused-ring (bicyclic) bond motifs is 1. The first-order valence-corrected chi connectivity index (χ1v) is 9.33. The van der Waals surface area contributed by atoms with Gasteiger partial charge in [0.25, 0.3) is 0 Å².